The number of hydrogen-bond donors (Lipinski definition) is 1. The van der Waals surface area contributed by atoms with Gasteiger partial charge in [0.15, 0.2) is 0 Å². The molecule has 0 unspecified atom stereocenters. The Labute approximate surface area is 117 Å². The summed E-state index contributed by atoms with van der Waals surface area (Å²) >= 11 is 2.05. The lowest BCUT2D eigenvalue weighted by molar-refractivity contribution is 0.663. The third kappa shape index (κ3) is 3.50. The minimum atomic E-state index is 0.605. The number of hydrogen-bond acceptors (Lipinski definition) is 4. The van der Waals surface area contributed by atoms with Crippen molar-refractivity contribution in [1.29, 1.82) is 0 Å². The fourth-order valence-electron chi connectivity index (χ4n) is 2.26. The number of rotatable bonds is 4. The van der Waals surface area contributed by atoms with E-state index in [0.717, 1.165) is 17.9 Å². The minimum Gasteiger partial charge on any atom is -0.380 e. The van der Waals surface area contributed by atoms with E-state index in [4.69, 9.17) is 0 Å². The molecule has 3 heterocycles. The Bertz CT molecular complexity index is 505. The van der Waals surface area contributed by atoms with Crippen LogP contribution in [0.25, 0.3) is 0 Å². The van der Waals surface area contributed by atoms with E-state index in [1.54, 1.807) is 0 Å². The largest absolute Gasteiger partial charge is 0.380 e. The molecule has 3 rings (SSSR count). The number of thioether (sulfide) groups is 1. The summed E-state index contributed by atoms with van der Waals surface area (Å²) in [6.45, 7) is 0.725. The van der Waals surface area contributed by atoms with Gasteiger partial charge in [-0.1, -0.05) is 6.07 Å². The zero-order chi connectivity index (χ0) is 12.9. The van der Waals surface area contributed by atoms with Gasteiger partial charge in [-0.2, -0.15) is 16.9 Å². The number of nitrogens with one attached hydrogen (secondary N) is 1. The summed E-state index contributed by atoms with van der Waals surface area (Å²) in [7, 11) is 0. The van der Waals surface area contributed by atoms with Gasteiger partial charge in [0.05, 0.1) is 24.1 Å². The van der Waals surface area contributed by atoms with E-state index in [9.17, 15) is 0 Å². The molecule has 5 heteroatoms. The molecule has 1 aliphatic heterocycles. The smallest absolute Gasteiger partial charge is 0.0832 e. The average Bonchev–Trinajstić information content (AvgIpc) is 2.88. The Kier molecular flexibility index (Phi) is 4.03. The van der Waals surface area contributed by atoms with Crippen molar-refractivity contribution < 1.29 is 0 Å². The van der Waals surface area contributed by atoms with Crippen molar-refractivity contribution in [3.63, 3.8) is 0 Å². The predicted octanol–water partition coefficient (Wildman–Crippen LogP) is 2.63. The molecule has 0 bridgehead atoms. The number of nitrogens with zero attached hydrogens (tertiary/aromatic N) is 3. The van der Waals surface area contributed by atoms with E-state index in [0.29, 0.717) is 6.04 Å². The maximum Gasteiger partial charge on any atom is 0.0832 e. The monoisotopic (exact) mass is 274 g/mol. The van der Waals surface area contributed by atoms with Crippen molar-refractivity contribution in [2.75, 3.05) is 16.8 Å². The van der Waals surface area contributed by atoms with Crippen molar-refractivity contribution in [1.82, 2.24) is 14.8 Å². The van der Waals surface area contributed by atoms with Crippen LogP contribution in [0.5, 0.6) is 0 Å². The fourth-order valence-corrected chi connectivity index (χ4v) is 3.37. The molecular weight excluding hydrogens is 256 g/mol. The molecule has 0 aliphatic carbocycles. The summed E-state index contributed by atoms with van der Waals surface area (Å²) in [5.41, 5.74) is 2.15. The Hall–Kier alpha value is -1.49. The summed E-state index contributed by atoms with van der Waals surface area (Å²) in [4.78, 5) is 4.31. The highest BCUT2D eigenvalue weighted by Gasteiger charge is 2.13. The summed E-state index contributed by atoms with van der Waals surface area (Å²) in [6.07, 6.45) is 8.28. The number of aromatic nitrogens is 3. The van der Waals surface area contributed by atoms with E-state index in [-0.39, 0.29) is 0 Å². The van der Waals surface area contributed by atoms with Gasteiger partial charge in [0.2, 0.25) is 0 Å². The molecule has 0 aromatic carbocycles. The Balaban J connectivity index is 1.59. The second-order valence-corrected chi connectivity index (χ2v) is 6.00. The molecule has 19 heavy (non-hydrogen) atoms. The molecule has 2 aromatic heterocycles. The zero-order valence-electron chi connectivity index (χ0n) is 10.8. The molecule has 4 nitrogen and oxygen atoms in total. The lowest BCUT2D eigenvalue weighted by Gasteiger charge is -2.22. The van der Waals surface area contributed by atoms with Crippen LogP contribution in [-0.4, -0.2) is 32.3 Å². The van der Waals surface area contributed by atoms with Crippen LogP contribution in [0.15, 0.2) is 36.8 Å². The van der Waals surface area contributed by atoms with Gasteiger partial charge in [-0.15, -0.1) is 0 Å². The van der Waals surface area contributed by atoms with Crippen molar-refractivity contribution >= 4 is 17.4 Å². The van der Waals surface area contributed by atoms with Gasteiger partial charge in [-0.3, -0.25) is 9.67 Å². The predicted molar refractivity (Wildman–Crippen MR) is 79.5 cm³/mol. The maximum atomic E-state index is 4.39. The Morgan fingerprint density at radius 2 is 2.21 bits per heavy atom. The highest BCUT2D eigenvalue weighted by molar-refractivity contribution is 7.99. The molecule has 100 valence electrons. The third-order valence-electron chi connectivity index (χ3n) is 3.28. The van der Waals surface area contributed by atoms with Gasteiger partial charge in [0.1, 0.15) is 0 Å². The molecule has 0 radical (unpaired) electrons. The fraction of sp³-hybridized carbons (Fsp3) is 0.429. The van der Waals surface area contributed by atoms with Crippen LogP contribution in [0.1, 0.15) is 18.5 Å². The standard InChI is InChI=1S/C14H18N4S/c1-2-6-15-13(3-1)10-18-11-14(9-16-18)17-12-4-7-19-8-5-12/h1-3,6,9,11-12,17H,4-5,7-8,10H2. The first-order valence-corrected chi connectivity index (χ1v) is 7.82. The molecule has 0 spiro atoms. The van der Waals surface area contributed by atoms with Gasteiger partial charge in [-0.25, -0.2) is 0 Å². The lowest BCUT2D eigenvalue weighted by atomic mass is 10.1. The van der Waals surface area contributed by atoms with Crippen LogP contribution in [0.3, 0.4) is 0 Å². The summed E-state index contributed by atoms with van der Waals surface area (Å²) in [5, 5.41) is 7.96. The Morgan fingerprint density at radius 3 is 3.00 bits per heavy atom. The summed E-state index contributed by atoms with van der Waals surface area (Å²) in [6, 6.07) is 6.56. The number of pyridine rings is 1. The van der Waals surface area contributed by atoms with Gasteiger partial charge >= 0.3 is 0 Å². The van der Waals surface area contributed by atoms with Gasteiger partial charge in [0.25, 0.3) is 0 Å². The molecule has 1 saturated heterocycles. The first-order chi connectivity index (χ1) is 9.40. The SMILES string of the molecule is c1ccc(Cn2cc(NC3CCSCC3)cn2)nc1. The molecule has 0 saturated carbocycles. The molecule has 2 aromatic rings. The van der Waals surface area contributed by atoms with Crippen LogP contribution < -0.4 is 5.32 Å². The van der Waals surface area contributed by atoms with Gasteiger partial charge in [0, 0.05) is 18.4 Å². The van der Waals surface area contributed by atoms with E-state index in [1.807, 2.05) is 47.0 Å². The quantitative estimate of drug-likeness (QED) is 0.930. The molecule has 1 aliphatic rings. The molecule has 0 amide bonds. The molecule has 0 atom stereocenters. The first-order valence-electron chi connectivity index (χ1n) is 6.67. The van der Waals surface area contributed by atoms with Crippen molar-refractivity contribution in [3.8, 4) is 0 Å². The lowest BCUT2D eigenvalue weighted by Crippen LogP contribution is -2.24. The first kappa shape index (κ1) is 12.5. The maximum absolute atomic E-state index is 4.39. The normalized spacial score (nSPS) is 16.4. The molecule has 1 fully saturated rings. The van der Waals surface area contributed by atoms with Crippen LogP contribution in [0.2, 0.25) is 0 Å². The van der Waals surface area contributed by atoms with Crippen molar-refractivity contribution in [2.24, 2.45) is 0 Å². The summed E-state index contributed by atoms with van der Waals surface area (Å²) < 4.78 is 1.93. The van der Waals surface area contributed by atoms with Crippen molar-refractivity contribution in [3.05, 3.63) is 42.5 Å². The molecular formula is C14H18N4S. The minimum absolute atomic E-state index is 0.605. The van der Waals surface area contributed by atoms with E-state index >= 15 is 0 Å². The Morgan fingerprint density at radius 1 is 1.32 bits per heavy atom. The highest BCUT2D eigenvalue weighted by Crippen LogP contribution is 2.20. The zero-order valence-corrected chi connectivity index (χ0v) is 11.6. The molecule has 1 N–H and O–H groups in total. The van der Waals surface area contributed by atoms with Crippen LogP contribution >= 0.6 is 11.8 Å². The third-order valence-corrected chi connectivity index (χ3v) is 4.32. The highest BCUT2D eigenvalue weighted by atomic mass is 32.2. The topological polar surface area (TPSA) is 42.7 Å². The average molecular weight is 274 g/mol. The van der Waals surface area contributed by atoms with Gasteiger partial charge in [-0.05, 0) is 36.5 Å². The van der Waals surface area contributed by atoms with E-state index in [2.05, 4.69) is 21.6 Å². The van der Waals surface area contributed by atoms with E-state index < -0.39 is 0 Å². The van der Waals surface area contributed by atoms with Crippen LogP contribution in [0.4, 0.5) is 5.69 Å². The second kappa shape index (κ2) is 6.10. The van der Waals surface area contributed by atoms with Crippen LogP contribution in [-0.2, 0) is 6.54 Å². The van der Waals surface area contributed by atoms with Crippen LogP contribution in [0, 0.1) is 0 Å². The second-order valence-electron chi connectivity index (χ2n) is 4.78. The van der Waals surface area contributed by atoms with Crippen molar-refractivity contribution in [2.45, 2.75) is 25.4 Å². The number of anilines is 1. The van der Waals surface area contributed by atoms with E-state index in [1.165, 1.54) is 24.3 Å². The van der Waals surface area contributed by atoms with Gasteiger partial charge < -0.3 is 5.32 Å². The summed E-state index contributed by atoms with van der Waals surface area (Å²) in [5.74, 6) is 2.53.